The summed E-state index contributed by atoms with van der Waals surface area (Å²) in [7, 11) is 1.53. The predicted octanol–water partition coefficient (Wildman–Crippen LogP) is 2.30. The molecular weight excluding hydrogens is 228 g/mol. The van der Waals surface area contributed by atoms with Gasteiger partial charge in [0.1, 0.15) is 5.75 Å². The third-order valence-electron chi connectivity index (χ3n) is 3.05. The third kappa shape index (κ3) is 1.81. The van der Waals surface area contributed by atoms with Crippen LogP contribution in [0, 0.1) is 5.41 Å². The standard InChI is InChI=1S/C12H13ClO3/c1-16-10-3-2-8(6-9(10)13)11(15)12(7-14)4-5-12/h2-3,6,14H,4-5,7H2,1H3. The average molecular weight is 241 g/mol. The highest BCUT2D eigenvalue weighted by atomic mass is 35.5. The molecular formula is C12H13ClO3. The molecule has 1 aromatic rings. The molecule has 0 aliphatic heterocycles. The van der Waals surface area contributed by atoms with Crippen molar-refractivity contribution in [1.82, 2.24) is 0 Å². The number of halogens is 1. The lowest BCUT2D eigenvalue weighted by molar-refractivity contribution is 0.0829. The molecule has 0 unspecified atom stereocenters. The Morgan fingerprint density at radius 2 is 2.25 bits per heavy atom. The minimum Gasteiger partial charge on any atom is -0.495 e. The van der Waals surface area contributed by atoms with Gasteiger partial charge >= 0.3 is 0 Å². The van der Waals surface area contributed by atoms with E-state index in [0.29, 0.717) is 16.3 Å². The summed E-state index contributed by atoms with van der Waals surface area (Å²) in [6.45, 7) is -0.0878. The molecule has 1 saturated carbocycles. The monoisotopic (exact) mass is 240 g/mol. The van der Waals surface area contributed by atoms with Gasteiger partial charge in [0.2, 0.25) is 0 Å². The molecule has 86 valence electrons. The van der Waals surface area contributed by atoms with Crippen molar-refractivity contribution in [2.45, 2.75) is 12.8 Å². The van der Waals surface area contributed by atoms with E-state index in [9.17, 15) is 9.90 Å². The second-order valence-corrected chi connectivity index (χ2v) is 4.52. The largest absolute Gasteiger partial charge is 0.495 e. The number of methoxy groups -OCH3 is 1. The summed E-state index contributed by atoms with van der Waals surface area (Å²) in [5.41, 5.74) is -0.00452. The normalized spacial score (nSPS) is 16.9. The van der Waals surface area contributed by atoms with Gasteiger partial charge in [-0.2, -0.15) is 0 Å². The van der Waals surface area contributed by atoms with Gasteiger partial charge in [-0.15, -0.1) is 0 Å². The van der Waals surface area contributed by atoms with Gasteiger partial charge in [-0.3, -0.25) is 4.79 Å². The Hall–Kier alpha value is -1.06. The van der Waals surface area contributed by atoms with Crippen molar-refractivity contribution in [3.05, 3.63) is 28.8 Å². The maximum Gasteiger partial charge on any atom is 0.171 e. The van der Waals surface area contributed by atoms with Crippen LogP contribution in [-0.4, -0.2) is 24.6 Å². The molecule has 0 bridgehead atoms. The number of aliphatic hydroxyl groups excluding tert-OH is 1. The Kier molecular flexibility index (Phi) is 2.91. The van der Waals surface area contributed by atoms with Crippen LogP contribution >= 0.6 is 11.6 Å². The number of aliphatic hydroxyl groups is 1. The molecule has 1 aliphatic carbocycles. The molecule has 0 heterocycles. The number of rotatable bonds is 4. The molecule has 0 radical (unpaired) electrons. The van der Waals surface area contributed by atoms with Gasteiger partial charge in [-0.1, -0.05) is 11.6 Å². The Morgan fingerprint density at radius 3 is 2.69 bits per heavy atom. The van der Waals surface area contributed by atoms with Crippen molar-refractivity contribution in [2.75, 3.05) is 13.7 Å². The lowest BCUT2D eigenvalue weighted by atomic mass is 9.95. The number of carbonyl (C=O) groups excluding carboxylic acids is 1. The first-order valence-electron chi connectivity index (χ1n) is 5.12. The summed E-state index contributed by atoms with van der Waals surface area (Å²) in [6, 6.07) is 4.95. The number of benzene rings is 1. The van der Waals surface area contributed by atoms with Gasteiger partial charge in [-0.25, -0.2) is 0 Å². The lowest BCUT2D eigenvalue weighted by Crippen LogP contribution is -2.20. The van der Waals surface area contributed by atoms with Crippen LogP contribution in [0.5, 0.6) is 5.75 Å². The minimum atomic E-state index is -0.544. The van der Waals surface area contributed by atoms with Crippen molar-refractivity contribution < 1.29 is 14.6 Å². The molecule has 0 spiro atoms. The Balaban J connectivity index is 2.28. The molecule has 1 aliphatic rings. The molecule has 1 fully saturated rings. The highest BCUT2D eigenvalue weighted by Gasteiger charge is 2.49. The second kappa shape index (κ2) is 4.07. The zero-order valence-electron chi connectivity index (χ0n) is 9.00. The summed E-state index contributed by atoms with van der Waals surface area (Å²) in [5.74, 6) is 0.520. The molecule has 16 heavy (non-hydrogen) atoms. The van der Waals surface area contributed by atoms with Crippen LogP contribution in [0.2, 0.25) is 5.02 Å². The van der Waals surface area contributed by atoms with E-state index in [1.807, 2.05) is 0 Å². The highest BCUT2D eigenvalue weighted by molar-refractivity contribution is 6.32. The molecule has 0 aromatic heterocycles. The number of Topliss-reactive ketones (excluding diaryl/α,β-unsaturated/α-hetero) is 1. The smallest absolute Gasteiger partial charge is 0.171 e. The van der Waals surface area contributed by atoms with E-state index in [1.54, 1.807) is 18.2 Å². The zero-order chi connectivity index (χ0) is 11.8. The van der Waals surface area contributed by atoms with Crippen LogP contribution in [0.1, 0.15) is 23.2 Å². The Morgan fingerprint density at radius 1 is 1.56 bits per heavy atom. The minimum absolute atomic E-state index is 0.0282. The van der Waals surface area contributed by atoms with E-state index in [1.165, 1.54) is 7.11 Å². The fraction of sp³-hybridized carbons (Fsp3) is 0.417. The quantitative estimate of drug-likeness (QED) is 0.822. The first-order chi connectivity index (χ1) is 7.63. The maximum atomic E-state index is 12.1. The van der Waals surface area contributed by atoms with Crippen molar-refractivity contribution >= 4 is 17.4 Å². The van der Waals surface area contributed by atoms with E-state index in [-0.39, 0.29) is 12.4 Å². The average Bonchev–Trinajstić information content (AvgIpc) is 3.09. The fourth-order valence-corrected chi connectivity index (χ4v) is 1.98. The van der Waals surface area contributed by atoms with E-state index in [0.717, 1.165) is 12.8 Å². The van der Waals surface area contributed by atoms with E-state index >= 15 is 0 Å². The fourth-order valence-electron chi connectivity index (χ4n) is 1.72. The summed E-state index contributed by atoms with van der Waals surface area (Å²) in [6.07, 6.45) is 1.51. The van der Waals surface area contributed by atoms with Crippen molar-refractivity contribution in [3.8, 4) is 5.75 Å². The summed E-state index contributed by atoms with van der Waals surface area (Å²) >= 11 is 5.95. The second-order valence-electron chi connectivity index (χ2n) is 4.12. The van der Waals surface area contributed by atoms with Crippen molar-refractivity contribution in [2.24, 2.45) is 5.41 Å². The van der Waals surface area contributed by atoms with Crippen LogP contribution in [0.25, 0.3) is 0 Å². The van der Waals surface area contributed by atoms with Crippen molar-refractivity contribution in [1.29, 1.82) is 0 Å². The first kappa shape index (κ1) is 11.4. The van der Waals surface area contributed by atoms with Crippen molar-refractivity contribution in [3.63, 3.8) is 0 Å². The van der Waals surface area contributed by atoms with E-state index in [2.05, 4.69) is 0 Å². The van der Waals surface area contributed by atoms with E-state index in [4.69, 9.17) is 16.3 Å². The van der Waals surface area contributed by atoms with Crippen LogP contribution in [0.15, 0.2) is 18.2 Å². The molecule has 1 aromatic carbocycles. The first-order valence-corrected chi connectivity index (χ1v) is 5.50. The summed E-state index contributed by atoms with van der Waals surface area (Å²) < 4.78 is 5.01. The summed E-state index contributed by atoms with van der Waals surface area (Å²) in [5, 5.41) is 9.60. The Labute approximate surface area is 99.0 Å². The van der Waals surface area contributed by atoms with Crippen LogP contribution in [0.3, 0.4) is 0 Å². The van der Waals surface area contributed by atoms with Gasteiger partial charge in [0, 0.05) is 5.56 Å². The number of carbonyl (C=O) groups is 1. The van der Waals surface area contributed by atoms with Gasteiger partial charge in [0.25, 0.3) is 0 Å². The van der Waals surface area contributed by atoms with E-state index < -0.39 is 5.41 Å². The lowest BCUT2D eigenvalue weighted by Gasteiger charge is -2.11. The van der Waals surface area contributed by atoms with Crippen LogP contribution in [0.4, 0.5) is 0 Å². The highest BCUT2D eigenvalue weighted by Crippen LogP contribution is 2.48. The molecule has 0 atom stereocenters. The number of ether oxygens (including phenoxy) is 1. The van der Waals surface area contributed by atoms with Gasteiger partial charge in [0.05, 0.1) is 24.2 Å². The van der Waals surface area contributed by atoms with Crippen LogP contribution in [-0.2, 0) is 0 Å². The number of hydrogen-bond acceptors (Lipinski definition) is 3. The van der Waals surface area contributed by atoms with Gasteiger partial charge < -0.3 is 9.84 Å². The zero-order valence-corrected chi connectivity index (χ0v) is 9.75. The molecule has 1 N–H and O–H groups in total. The third-order valence-corrected chi connectivity index (χ3v) is 3.35. The SMILES string of the molecule is COc1ccc(C(=O)C2(CO)CC2)cc1Cl. The maximum absolute atomic E-state index is 12.1. The number of ketones is 1. The molecule has 2 rings (SSSR count). The van der Waals surface area contributed by atoms with Crippen LogP contribution < -0.4 is 4.74 Å². The molecule has 4 heteroatoms. The topological polar surface area (TPSA) is 46.5 Å². The molecule has 3 nitrogen and oxygen atoms in total. The summed E-state index contributed by atoms with van der Waals surface area (Å²) in [4.78, 5) is 12.1. The molecule has 0 saturated heterocycles. The molecule has 0 amide bonds. The predicted molar refractivity (Wildman–Crippen MR) is 61.1 cm³/mol. The Bertz CT molecular complexity index is 424. The number of hydrogen-bond donors (Lipinski definition) is 1. The van der Waals surface area contributed by atoms with Gasteiger partial charge in [0.15, 0.2) is 5.78 Å². The van der Waals surface area contributed by atoms with Gasteiger partial charge in [-0.05, 0) is 31.0 Å².